The molecule has 2 nitrogen and oxygen atoms in total. The maximum atomic E-state index is 13.8. The third-order valence-electron chi connectivity index (χ3n) is 4.34. The van der Waals surface area contributed by atoms with Crippen molar-refractivity contribution in [2.24, 2.45) is 0 Å². The van der Waals surface area contributed by atoms with Crippen LogP contribution in [-0.2, 0) is 5.54 Å². The molecule has 3 rings (SSSR count). The number of anilines is 1. The number of rotatable bonds is 2. The van der Waals surface area contributed by atoms with Crippen molar-refractivity contribution in [3.05, 3.63) is 65.5 Å². The zero-order chi connectivity index (χ0) is 14.9. The Morgan fingerprint density at radius 2 is 1.90 bits per heavy atom. The van der Waals surface area contributed by atoms with Gasteiger partial charge in [-0.05, 0) is 37.1 Å². The van der Waals surface area contributed by atoms with Crippen LogP contribution in [0.25, 0.3) is 0 Å². The van der Waals surface area contributed by atoms with E-state index in [4.69, 9.17) is 0 Å². The smallest absolute Gasteiger partial charge is 0.128 e. The van der Waals surface area contributed by atoms with Crippen LogP contribution in [0.5, 0.6) is 0 Å². The number of piperazine rings is 1. The van der Waals surface area contributed by atoms with Gasteiger partial charge in [0.1, 0.15) is 5.82 Å². The summed E-state index contributed by atoms with van der Waals surface area (Å²) in [7, 11) is 0. The molecular weight excluding hydrogens is 263 g/mol. The Bertz CT molecular complexity index is 626. The molecule has 1 aliphatic rings. The Morgan fingerprint density at radius 1 is 1.14 bits per heavy atom. The molecule has 1 saturated heterocycles. The van der Waals surface area contributed by atoms with E-state index in [1.165, 1.54) is 5.56 Å². The average molecular weight is 284 g/mol. The number of hydrogen-bond acceptors (Lipinski definition) is 2. The van der Waals surface area contributed by atoms with E-state index in [2.05, 4.69) is 41.4 Å². The van der Waals surface area contributed by atoms with E-state index in [1.54, 1.807) is 13.0 Å². The van der Waals surface area contributed by atoms with Crippen LogP contribution in [0, 0.1) is 12.7 Å². The monoisotopic (exact) mass is 284 g/mol. The highest BCUT2D eigenvalue weighted by atomic mass is 19.1. The van der Waals surface area contributed by atoms with Crippen molar-refractivity contribution in [3.8, 4) is 0 Å². The molecule has 0 amide bonds. The van der Waals surface area contributed by atoms with Crippen molar-refractivity contribution in [1.29, 1.82) is 0 Å². The van der Waals surface area contributed by atoms with Crippen molar-refractivity contribution >= 4 is 5.69 Å². The van der Waals surface area contributed by atoms with Crippen LogP contribution < -0.4 is 10.2 Å². The molecule has 21 heavy (non-hydrogen) atoms. The molecular formula is C18H21FN2. The van der Waals surface area contributed by atoms with E-state index in [-0.39, 0.29) is 11.4 Å². The summed E-state index contributed by atoms with van der Waals surface area (Å²) in [5.74, 6) is -0.132. The summed E-state index contributed by atoms with van der Waals surface area (Å²) >= 11 is 0. The molecule has 1 heterocycles. The molecule has 1 fully saturated rings. The second-order valence-corrected chi connectivity index (χ2v) is 5.98. The van der Waals surface area contributed by atoms with E-state index in [1.807, 2.05) is 18.2 Å². The predicted octanol–water partition coefficient (Wildman–Crippen LogP) is 3.46. The van der Waals surface area contributed by atoms with Gasteiger partial charge in [-0.2, -0.15) is 0 Å². The summed E-state index contributed by atoms with van der Waals surface area (Å²) in [6.45, 7) is 6.62. The number of benzene rings is 2. The Balaban J connectivity index is 1.87. The molecule has 1 atom stereocenters. The van der Waals surface area contributed by atoms with Gasteiger partial charge in [0, 0.05) is 25.3 Å². The molecule has 2 aromatic rings. The first-order valence-electron chi connectivity index (χ1n) is 7.40. The quantitative estimate of drug-likeness (QED) is 0.908. The summed E-state index contributed by atoms with van der Waals surface area (Å²) in [5.41, 5.74) is 2.81. The molecule has 0 aromatic heterocycles. The van der Waals surface area contributed by atoms with E-state index in [0.717, 1.165) is 25.3 Å². The number of aryl methyl sites for hydroxylation is 1. The molecule has 3 heteroatoms. The zero-order valence-electron chi connectivity index (χ0n) is 12.6. The first-order chi connectivity index (χ1) is 10.1. The molecule has 0 spiro atoms. The minimum absolute atomic E-state index is 0.110. The van der Waals surface area contributed by atoms with Gasteiger partial charge in [-0.15, -0.1) is 0 Å². The van der Waals surface area contributed by atoms with Gasteiger partial charge < -0.3 is 10.2 Å². The first kappa shape index (κ1) is 14.1. The third kappa shape index (κ3) is 2.79. The van der Waals surface area contributed by atoms with Crippen molar-refractivity contribution < 1.29 is 4.39 Å². The molecule has 1 unspecified atom stereocenters. The van der Waals surface area contributed by atoms with Gasteiger partial charge in [0.2, 0.25) is 0 Å². The highest BCUT2D eigenvalue weighted by molar-refractivity contribution is 5.49. The van der Waals surface area contributed by atoms with Gasteiger partial charge in [0.05, 0.1) is 5.54 Å². The molecule has 1 N–H and O–H groups in total. The Labute approximate surface area is 125 Å². The van der Waals surface area contributed by atoms with Crippen LogP contribution in [0.1, 0.15) is 18.1 Å². The first-order valence-corrected chi connectivity index (χ1v) is 7.40. The third-order valence-corrected chi connectivity index (χ3v) is 4.34. The molecule has 0 radical (unpaired) electrons. The predicted molar refractivity (Wildman–Crippen MR) is 85.1 cm³/mol. The van der Waals surface area contributed by atoms with E-state index >= 15 is 0 Å². The summed E-state index contributed by atoms with van der Waals surface area (Å²) in [6, 6.07) is 16.0. The Morgan fingerprint density at radius 3 is 2.62 bits per heavy atom. The topological polar surface area (TPSA) is 15.3 Å². The Hall–Kier alpha value is -1.87. The van der Waals surface area contributed by atoms with Crippen LogP contribution in [0.2, 0.25) is 0 Å². The fourth-order valence-electron chi connectivity index (χ4n) is 2.98. The molecule has 2 aromatic carbocycles. The normalized spacial score (nSPS) is 22.3. The lowest BCUT2D eigenvalue weighted by Gasteiger charge is -2.43. The average Bonchev–Trinajstić information content (AvgIpc) is 2.51. The standard InChI is InChI=1S/C18H21FN2/c1-14-8-9-16(12-17(14)19)21-11-10-20-18(2,13-21)15-6-4-3-5-7-15/h3-9,12,20H,10-11,13H2,1-2H3. The lowest BCUT2D eigenvalue weighted by Crippen LogP contribution is -2.56. The van der Waals surface area contributed by atoms with E-state index < -0.39 is 0 Å². The molecule has 1 aliphatic heterocycles. The highest BCUT2D eigenvalue weighted by Gasteiger charge is 2.32. The SMILES string of the molecule is Cc1ccc(N2CCNC(C)(c3ccccc3)C2)cc1F. The fourth-order valence-corrected chi connectivity index (χ4v) is 2.98. The van der Waals surface area contributed by atoms with Crippen LogP contribution in [-0.4, -0.2) is 19.6 Å². The second-order valence-electron chi connectivity index (χ2n) is 5.98. The van der Waals surface area contributed by atoms with Crippen LogP contribution >= 0.6 is 0 Å². The second kappa shape index (κ2) is 5.49. The summed E-state index contributed by atoms with van der Waals surface area (Å²) < 4.78 is 13.8. The molecule has 0 saturated carbocycles. The summed E-state index contributed by atoms with van der Waals surface area (Å²) in [4.78, 5) is 2.26. The van der Waals surface area contributed by atoms with Crippen molar-refractivity contribution in [3.63, 3.8) is 0 Å². The summed E-state index contributed by atoms with van der Waals surface area (Å²) in [5, 5.41) is 3.60. The molecule has 110 valence electrons. The summed E-state index contributed by atoms with van der Waals surface area (Å²) in [6.07, 6.45) is 0. The van der Waals surface area contributed by atoms with Gasteiger partial charge in [-0.25, -0.2) is 4.39 Å². The van der Waals surface area contributed by atoms with E-state index in [0.29, 0.717) is 5.56 Å². The largest absolute Gasteiger partial charge is 0.368 e. The molecule has 0 bridgehead atoms. The van der Waals surface area contributed by atoms with Gasteiger partial charge in [-0.3, -0.25) is 0 Å². The number of nitrogens with one attached hydrogen (secondary N) is 1. The van der Waals surface area contributed by atoms with Crippen molar-refractivity contribution in [1.82, 2.24) is 5.32 Å². The molecule has 0 aliphatic carbocycles. The van der Waals surface area contributed by atoms with Crippen molar-refractivity contribution in [2.45, 2.75) is 19.4 Å². The van der Waals surface area contributed by atoms with Gasteiger partial charge in [-0.1, -0.05) is 36.4 Å². The number of halogens is 1. The lowest BCUT2D eigenvalue weighted by molar-refractivity contribution is 0.332. The van der Waals surface area contributed by atoms with Crippen LogP contribution in [0.4, 0.5) is 10.1 Å². The number of hydrogen-bond donors (Lipinski definition) is 1. The maximum absolute atomic E-state index is 13.8. The lowest BCUT2D eigenvalue weighted by atomic mass is 9.89. The highest BCUT2D eigenvalue weighted by Crippen LogP contribution is 2.28. The van der Waals surface area contributed by atoms with Crippen LogP contribution in [0.15, 0.2) is 48.5 Å². The fraction of sp³-hybridized carbons (Fsp3) is 0.333. The minimum atomic E-state index is -0.132. The maximum Gasteiger partial charge on any atom is 0.128 e. The van der Waals surface area contributed by atoms with Gasteiger partial charge in [0.15, 0.2) is 0 Å². The zero-order valence-corrected chi connectivity index (χ0v) is 12.6. The van der Waals surface area contributed by atoms with Crippen molar-refractivity contribution in [2.75, 3.05) is 24.5 Å². The van der Waals surface area contributed by atoms with Crippen LogP contribution in [0.3, 0.4) is 0 Å². The minimum Gasteiger partial charge on any atom is -0.368 e. The van der Waals surface area contributed by atoms with Gasteiger partial charge >= 0.3 is 0 Å². The van der Waals surface area contributed by atoms with Gasteiger partial charge in [0.25, 0.3) is 0 Å². The number of nitrogens with zero attached hydrogens (tertiary/aromatic N) is 1. The van der Waals surface area contributed by atoms with E-state index in [9.17, 15) is 4.39 Å². The Kier molecular flexibility index (Phi) is 3.68.